The van der Waals surface area contributed by atoms with Gasteiger partial charge in [0, 0.05) is 26.1 Å². The molecule has 9 heteroatoms. The molecule has 0 saturated carbocycles. The van der Waals surface area contributed by atoms with Gasteiger partial charge < -0.3 is 10.2 Å². The molecule has 0 bridgehead atoms. The zero-order valence-corrected chi connectivity index (χ0v) is 20.0. The van der Waals surface area contributed by atoms with E-state index in [-0.39, 0.29) is 11.9 Å². The minimum atomic E-state index is -0.318. The molecule has 2 aromatic heterocycles. The molecule has 2 heterocycles. The number of hydrogen-bond donors (Lipinski definition) is 1. The van der Waals surface area contributed by atoms with Gasteiger partial charge >= 0.3 is 0 Å². The number of carbonyl (C=O) groups excluding carboxylic acids is 1. The fourth-order valence-corrected chi connectivity index (χ4v) is 3.54. The SMILES string of the molecule is CCc1nnnn1-c1cc(C(=O)NC(C)c2cnc(N(C)C)cn2)cc(-c2ccc(C)cc2)c1. The van der Waals surface area contributed by atoms with E-state index in [0.717, 1.165) is 28.5 Å². The molecule has 0 aliphatic rings. The monoisotopic (exact) mass is 456 g/mol. The Balaban J connectivity index is 1.68. The number of carbonyl (C=O) groups is 1. The highest BCUT2D eigenvalue weighted by Crippen LogP contribution is 2.25. The van der Waals surface area contributed by atoms with Crippen LogP contribution in [0.3, 0.4) is 0 Å². The molecule has 0 spiro atoms. The van der Waals surface area contributed by atoms with Gasteiger partial charge in [0.15, 0.2) is 5.82 Å². The minimum Gasteiger partial charge on any atom is -0.361 e. The van der Waals surface area contributed by atoms with E-state index in [1.807, 2.05) is 76.2 Å². The van der Waals surface area contributed by atoms with Crippen molar-refractivity contribution in [2.24, 2.45) is 0 Å². The van der Waals surface area contributed by atoms with Gasteiger partial charge in [0.05, 0.1) is 29.8 Å². The van der Waals surface area contributed by atoms with Crippen LogP contribution in [0.25, 0.3) is 16.8 Å². The highest BCUT2D eigenvalue weighted by Gasteiger charge is 2.17. The molecular weight excluding hydrogens is 428 g/mol. The number of aromatic nitrogens is 6. The molecule has 2 aromatic carbocycles. The number of tetrazole rings is 1. The summed E-state index contributed by atoms with van der Waals surface area (Å²) in [7, 11) is 3.81. The van der Waals surface area contributed by atoms with Gasteiger partial charge in [-0.05, 0) is 53.6 Å². The maximum Gasteiger partial charge on any atom is 0.251 e. The second-order valence-corrected chi connectivity index (χ2v) is 8.38. The van der Waals surface area contributed by atoms with Crippen molar-refractivity contribution in [3.8, 4) is 16.8 Å². The molecule has 4 aromatic rings. The van der Waals surface area contributed by atoms with Crippen LogP contribution in [0, 0.1) is 6.92 Å². The van der Waals surface area contributed by atoms with E-state index in [2.05, 4.69) is 30.8 Å². The van der Waals surface area contributed by atoms with E-state index < -0.39 is 0 Å². The van der Waals surface area contributed by atoms with Gasteiger partial charge in [0.2, 0.25) is 0 Å². The first-order chi connectivity index (χ1) is 16.4. The van der Waals surface area contributed by atoms with Crippen LogP contribution in [0.5, 0.6) is 0 Å². The van der Waals surface area contributed by atoms with Crippen LogP contribution >= 0.6 is 0 Å². The summed E-state index contributed by atoms with van der Waals surface area (Å²) in [5.74, 6) is 1.26. The third-order valence-corrected chi connectivity index (χ3v) is 5.57. The Morgan fingerprint density at radius 3 is 2.47 bits per heavy atom. The van der Waals surface area contributed by atoms with E-state index in [0.29, 0.717) is 17.7 Å². The summed E-state index contributed by atoms with van der Waals surface area (Å²) in [6, 6.07) is 13.5. The first-order valence-corrected chi connectivity index (χ1v) is 11.2. The summed E-state index contributed by atoms with van der Waals surface area (Å²) in [5.41, 5.74) is 5.00. The molecule has 0 fully saturated rings. The number of nitrogens with zero attached hydrogens (tertiary/aromatic N) is 7. The second kappa shape index (κ2) is 9.78. The van der Waals surface area contributed by atoms with Crippen LogP contribution in [-0.2, 0) is 6.42 Å². The molecular formula is C25H28N8O. The summed E-state index contributed by atoms with van der Waals surface area (Å²) >= 11 is 0. The average molecular weight is 457 g/mol. The Labute approximate surface area is 198 Å². The van der Waals surface area contributed by atoms with Crippen LogP contribution in [0.15, 0.2) is 54.9 Å². The smallest absolute Gasteiger partial charge is 0.251 e. The average Bonchev–Trinajstić information content (AvgIpc) is 3.33. The van der Waals surface area contributed by atoms with Crippen molar-refractivity contribution in [1.82, 2.24) is 35.5 Å². The van der Waals surface area contributed by atoms with Gasteiger partial charge in [0.25, 0.3) is 5.91 Å². The number of aryl methyl sites for hydroxylation is 2. The Bertz CT molecular complexity index is 1280. The second-order valence-electron chi connectivity index (χ2n) is 8.38. The molecule has 34 heavy (non-hydrogen) atoms. The van der Waals surface area contributed by atoms with Crippen molar-refractivity contribution in [1.29, 1.82) is 0 Å². The zero-order chi connectivity index (χ0) is 24.2. The lowest BCUT2D eigenvalue weighted by molar-refractivity contribution is 0.0939. The maximum atomic E-state index is 13.3. The highest BCUT2D eigenvalue weighted by molar-refractivity contribution is 5.96. The quantitative estimate of drug-likeness (QED) is 0.454. The molecule has 4 rings (SSSR count). The lowest BCUT2D eigenvalue weighted by Gasteiger charge is -2.16. The van der Waals surface area contributed by atoms with Crippen LogP contribution in [0.4, 0.5) is 5.82 Å². The number of anilines is 1. The first kappa shape index (κ1) is 23.0. The summed E-state index contributed by atoms with van der Waals surface area (Å²) in [6.07, 6.45) is 4.04. The summed E-state index contributed by atoms with van der Waals surface area (Å²) in [5, 5.41) is 15.1. The van der Waals surface area contributed by atoms with Crippen molar-refractivity contribution >= 4 is 11.7 Å². The van der Waals surface area contributed by atoms with Gasteiger partial charge in [-0.25, -0.2) is 4.98 Å². The third-order valence-electron chi connectivity index (χ3n) is 5.57. The van der Waals surface area contributed by atoms with E-state index in [9.17, 15) is 4.79 Å². The highest BCUT2D eigenvalue weighted by atomic mass is 16.1. The van der Waals surface area contributed by atoms with Gasteiger partial charge in [-0.1, -0.05) is 36.8 Å². The van der Waals surface area contributed by atoms with E-state index >= 15 is 0 Å². The maximum absolute atomic E-state index is 13.3. The topological polar surface area (TPSA) is 102 Å². The van der Waals surface area contributed by atoms with Crippen molar-refractivity contribution in [2.75, 3.05) is 19.0 Å². The Morgan fingerprint density at radius 2 is 1.82 bits per heavy atom. The van der Waals surface area contributed by atoms with Crippen molar-refractivity contribution in [3.63, 3.8) is 0 Å². The molecule has 1 N–H and O–H groups in total. The van der Waals surface area contributed by atoms with Gasteiger partial charge in [-0.2, -0.15) is 4.68 Å². The lowest BCUT2D eigenvalue weighted by atomic mass is 10.0. The molecule has 174 valence electrons. The largest absolute Gasteiger partial charge is 0.361 e. The molecule has 0 radical (unpaired) electrons. The molecule has 1 unspecified atom stereocenters. The summed E-state index contributed by atoms with van der Waals surface area (Å²) in [4.78, 5) is 24.0. The molecule has 1 atom stereocenters. The van der Waals surface area contributed by atoms with Crippen LogP contribution in [-0.4, -0.2) is 50.2 Å². The number of benzene rings is 2. The third kappa shape index (κ3) is 4.93. The fraction of sp³-hybridized carbons (Fsp3) is 0.280. The molecule has 0 aliphatic heterocycles. The number of hydrogen-bond acceptors (Lipinski definition) is 7. The van der Waals surface area contributed by atoms with Crippen molar-refractivity contribution in [3.05, 3.63) is 77.5 Å². The predicted molar refractivity (Wildman–Crippen MR) is 131 cm³/mol. The zero-order valence-electron chi connectivity index (χ0n) is 20.0. The van der Waals surface area contributed by atoms with Crippen LogP contribution in [0.1, 0.15) is 47.3 Å². The summed E-state index contributed by atoms with van der Waals surface area (Å²) < 4.78 is 1.67. The molecule has 9 nitrogen and oxygen atoms in total. The minimum absolute atomic E-state index is 0.215. The molecule has 0 aliphatic carbocycles. The standard InChI is InChI=1S/C25H28N8O/c1-6-23-29-30-31-33(23)21-12-19(18-9-7-16(2)8-10-18)11-20(13-21)25(34)28-17(3)22-14-27-24(15-26-22)32(4)5/h7-15,17H,6H2,1-5H3,(H,28,34). The number of amides is 1. The molecule has 0 saturated heterocycles. The first-order valence-electron chi connectivity index (χ1n) is 11.2. The van der Waals surface area contributed by atoms with E-state index in [1.54, 1.807) is 23.1 Å². The van der Waals surface area contributed by atoms with E-state index in [4.69, 9.17) is 0 Å². The van der Waals surface area contributed by atoms with Crippen LogP contribution < -0.4 is 10.2 Å². The van der Waals surface area contributed by atoms with E-state index in [1.165, 1.54) is 5.56 Å². The normalized spacial score (nSPS) is 11.8. The Morgan fingerprint density at radius 1 is 1.06 bits per heavy atom. The predicted octanol–water partition coefficient (Wildman–Crippen LogP) is 3.55. The van der Waals surface area contributed by atoms with Gasteiger partial charge in [-0.15, -0.1) is 5.10 Å². The molecule has 1 amide bonds. The van der Waals surface area contributed by atoms with Crippen LogP contribution in [0.2, 0.25) is 0 Å². The number of nitrogens with one attached hydrogen (secondary N) is 1. The summed E-state index contributed by atoms with van der Waals surface area (Å²) in [6.45, 7) is 5.92. The van der Waals surface area contributed by atoms with Gasteiger partial charge in [-0.3, -0.25) is 9.78 Å². The van der Waals surface area contributed by atoms with Crippen molar-refractivity contribution < 1.29 is 4.79 Å². The lowest BCUT2D eigenvalue weighted by Crippen LogP contribution is -2.27. The van der Waals surface area contributed by atoms with Gasteiger partial charge in [0.1, 0.15) is 5.82 Å². The fourth-order valence-electron chi connectivity index (χ4n) is 3.54. The Hall–Kier alpha value is -4.14. The Kier molecular flexibility index (Phi) is 6.62. The van der Waals surface area contributed by atoms with Crippen molar-refractivity contribution in [2.45, 2.75) is 33.2 Å². The number of rotatable bonds is 7.